The third-order valence-electron chi connectivity index (χ3n) is 5.21. The van der Waals surface area contributed by atoms with Crippen molar-refractivity contribution in [3.05, 3.63) is 64.6 Å². The van der Waals surface area contributed by atoms with E-state index >= 15 is 0 Å². The second kappa shape index (κ2) is 8.83. The van der Waals surface area contributed by atoms with Gasteiger partial charge in [-0.25, -0.2) is 4.79 Å². The SMILES string of the molecule is CCCn1c(C)cc(/C=C(\C#N)C(=O)O[C@H](C)C(=O)c2c[nH]c3ccccc23)c1C. The van der Waals surface area contributed by atoms with E-state index in [0.29, 0.717) is 5.56 Å². The summed E-state index contributed by atoms with van der Waals surface area (Å²) in [5.74, 6) is -1.13. The van der Waals surface area contributed by atoms with Gasteiger partial charge >= 0.3 is 5.97 Å². The highest BCUT2D eigenvalue weighted by Crippen LogP contribution is 2.22. The number of ether oxygens (including phenoxy) is 1. The van der Waals surface area contributed by atoms with E-state index < -0.39 is 12.1 Å². The lowest BCUT2D eigenvalue weighted by Gasteiger charge is -2.11. The number of fused-ring (bicyclic) bond motifs is 1. The predicted molar refractivity (Wildman–Crippen MR) is 116 cm³/mol. The molecule has 30 heavy (non-hydrogen) atoms. The van der Waals surface area contributed by atoms with Crippen LogP contribution in [0.2, 0.25) is 0 Å². The van der Waals surface area contributed by atoms with Gasteiger partial charge < -0.3 is 14.3 Å². The largest absolute Gasteiger partial charge is 0.450 e. The van der Waals surface area contributed by atoms with Gasteiger partial charge in [-0.15, -0.1) is 0 Å². The van der Waals surface area contributed by atoms with Crippen LogP contribution in [0.5, 0.6) is 0 Å². The number of aromatic nitrogens is 2. The third-order valence-corrected chi connectivity index (χ3v) is 5.21. The Morgan fingerprint density at radius 1 is 1.30 bits per heavy atom. The summed E-state index contributed by atoms with van der Waals surface area (Å²) < 4.78 is 7.48. The molecule has 0 bridgehead atoms. The third kappa shape index (κ3) is 4.06. The lowest BCUT2D eigenvalue weighted by Crippen LogP contribution is -2.24. The van der Waals surface area contributed by atoms with Gasteiger partial charge in [-0.05, 0) is 51.0 Å². The van der Waals surface area contributed by atoms with Crippen LogP contribution in [0.25, 0.3) is 17.0 Å². The lowest BCUT2D eigenvalue weighted by molar-refractivity contribution is -0.141. The van der Waals surface area contributed by atoms with Gasteiger partial charge in [0.1, 0.15) is 11.6 Å². The van der Waals surface area contributed by atoms with Crippen LogP contribution in [-0.4, -0.2) is 27.4 Å². The zero-order valence-electron chi connectivity index (χ0n) is 17.7. The van der Waals surface area contributed by atoms with Gasteiger partial charge in [0.05, 0.1) is 0 Å². The minimum Gasteiger partial charge on any atom is -0.450 e. The molecule has 1 atom stereocenters. The van der Waals surface area contributed by atoms with Crippen LogP contribution in [-0.2, 0) is 16.1 Å². The van der Waals surface area contributed by atoms with Gasteiger partial charge in [-0.3, -0.25) is 4.79 Å². The van der Waals surface area contributed by atoms with Crippen molar-refractivity contribution in [2.75, 3.05) is 0 Å². The van der Waals surface area contributed by atoms with Gasteiger partial charge in [-0.2, -0.15) is 5.26 Å². The molecule has 0 aliphatic rings. The molecule has 0 spiro atoms. The van der Waals surface area contributed by atoms with E-state index in [1.54, 1.807) is 6.20 Å². The van der Waals surface area contributed by atoms with E-state index in [1.165, 1.54) is 13.0 Å². The highest BCUT2D eigenvalue weighted by atomic mass is 16.5. The number of para-hydroxylation sites is 1. The summed E-state index contributed by atoms with van der Waals surface area (Å²) in [6.45, 7) is 8.43. The van der Waals surface area contributed by atoms with E-state index in [2.05, 4.69) is 16.5 Å². The number of nitriles is 1. The van der Waals surface area contributed by atoms with E-state index in [1.807, 2.05) is 50.2 Å². The molecule has 0 saturated carbocycles. The van der Waals surface area contributed by atoms with Crippen LogP contribution in [0.4, 0.5) is 0 Å². The van der Waals surface area contributed by atoms with Crippen molar-refractivity contribution >= 4 is 28.7 Å². The number of H-pyrrole nitrogens is 1. The van der Waals surface area contributed by atoms with Crippen molar-refractivity contribution in [1.29, 1.82) is 5.26 Å². The molecule has 154 valence electrons. The number of hydrogen-bond donors (Lipinski definition) is 1. The van der Waals surface area contributed by atoms with Crippen LogP contribution in [0.1, 0.15) is 47.6 Å². The maximum absolute atomic E-state index is 12.8. The van der Waals surface area contributed by atoms with Crippen molar-refractivity contribution in [2.45, 2.75) is 46.8 Å². The molecular formula is C24H25N3O3. The van der Waals surface area contributed by atoms with Crippen molar-refractivity contribution < 1.29 is 14.3 Å². The molecule has 0 saturated heterocycles. The molecule has 6 nitrogen and oxygen atoms in total. The summed E-state index contributed by atoms with van der Waals surface area (Å²) in [6, 6.07) is 11.3. The highest BCUT2D eigenvalue weighted by Gasteiger charge is 2.24. The predicted octanol–water partition coefficient (Wildman–Crippen LogP) is 4.72. The molecule has 2 aromatic heterocycles. The monoisotopic (exact) mass is 403 g/mol. The van der Waals surface area contributed by atoms with Crippen molar-refractivity contribution in [3.63, 3.8) is 0 Å². The Kier molecular flexibility index (Phi) is 6.22. The average molecular weight is 403 g/mol. The van der Waals surface area contributed by atoms with Crippen LogP contribution in [0.3, 0.4) is 0 Å². The molecule has 0 aliphatic heterocycles. The molecule has 1 N–H and O–H groups in total. The summed E-state index contributed by atoms with van der Waals surface area (Å²) in [7, 11) is 0. The standard InChI is InChI=1S/C24H25N3O3/c1-5-10-27-15(2)11-18(16(27)3)12-19(13-25)24(29)30-17(4)23(28)21-14-26-22-9-7-6-8-20(21)22/h6-9,11-12,14,17,26H,5,10H2,1-4H3/b19-12+/t17-/m1/s1. The number of carbonyl (C=O) groups is 2. The van der Waals surface area contributed by atoms with Gasteiger partial charge in [0, 0.05) is 40.6 Å². The molecule has 0 aliphatic carbocycles. The molecule has 0 radical (unpaired) electrons. The lowest BCUT2D eigenvalue weighted by atomic mass is 10.1. The second-order valence-electron chi connectivity index (χ2n) is 7.31. The van der Waals surface area contributed by atoms with Crippen LogP contribution < -0.4 is 0 Å². The minimum absolute atomic E-state index is 0.134. The summed E-state index contributed by atoms with van der Waals surface area (Å²) >= 11 is 0. The maximum atomic E-state index is 12.8. The molecule has 0 amide bonds. The number of Topliss-reactive ketones (excluding diaryl/α,β-unsaturated/α-hetero) is 1. The molecule has 1 aromatic carbocycles. The fourth-order valence-electron chi connectivity index (χ4n) is 3.61. The summed E-state index contributed by atoms with van der Waals surface area (Å²) in [6.07, 6.45) is 3.11. The Labute approximate surface area is 175 Å². The number of hydrogen-bond acceptors (Lipinski definition) is 4. The first-order valence-corrected chi connectivity index (χ1v) is 9.97. The number of carbonyl (C=O) groups excluding carboxylic acids is 2. The molecule has 2 heterocycles. The van der Waals surface area contributed by atoms with Crippen molar-refractivity contribution in [2.24, 2.45) is 0 Å². The number of nitrogens with one attached hydrogen (secondary N) is 1. The van der Waals surface area contributed by atoms with Crippen LogP contribution in [0.15, 0.2) is 42.1 Å². The number of ketones is 1. The Balaban J connectivity index is 1.80. The van der Waals surface area contributed by atoms with Gasteiger partial charge in [0.25, 0.3) is 0 Å². The summed E-state index contributed by atoms with van der Waals surface area (Å²) in [4.78, 5) is 28.4. The molecule has 0 fully saturated rings. The zero-order chi connectivity index (χ0) is 21.8. The fourth-order valence-corrected chi connectivity index (χ4v) is 3.61. The second-order valence-corrected chi connectivity index (χ2v) is 7.31. The molecule has 3 aromatic rings. The van der Waals surface area contributed by atoms with Gasteiger partial charge in [-0.1, -0.05) is 25.1 Å². The zero-order valence-corrected chi connectivity index (χ0v) is 17.7. The van der Waals surface area contributed by atoms with E-state index in [-0.39, 0.29) is 11.4 Å². The quantitative estimate of drug-likeness (QED) is 0.268. The molecule has 6 heteroatoms. The molecule has 0 unspecified atom stereocenters. The number of aryl methyl sites for hydroxylation is 1. The number of esters is 1. The first-order chi connectivity index (χ1) is 14.4. The van der Waals surface area contributed by atoms with Gasteiger partial charge in [0.2, 0.25) is 5.78 Å². The number of rotatable bonds is 7. The van der Waals surface area contributed by atoms with E-state index in [4.69, 9.17) is 4.74 Å². The van der Waals surface area contributed by atoms with Crippen LogP contribution in [0, 0.1) is 25.2 Å². The number of aromatic amines is 1. The van der Waals surface area contributed by atoms with Gasteiger partial charge in [0.15, 0.2) is 6.10 Å². The smallest absolute Gasteiger partial charge is 0.349 e. The van der Waals surface area contributed by atoms with Crippen molar-refractivity contribution in [3.8, 4) is 6.07 Å². The number of nitrogens with zero attached hydrogens (tertiary/aromatic N) is 2. The summed E-state index contributed by atoms with van der Waals surface area (Å²) in [5, 5.41) is 10.3. The van der Waals surface area contributed by atoms with E-state index in [9.17, 15) is 14.9 Å². The fraction of sp³-hybridized carbons (Fsp3) is 0.292. The Bertz CT molecular complexity index is 1170. The Hall–Kier alpha value is -3.59. The topological polar surface area (TPSA) is 87.9 Å². The Morgan fingerprint density at radius 2 is 2.03 bits per heavy atom. The van der Waals surface area contributed by atoms with Crippen molar-refractivity contribution in [1.82, 2.24) is 9.55 Å². The number of benzene rings is 1. The van der Waals surface area contributed by atoms with E-state index in [0.717, 1.165) is 40.8 Å². The maximum Gasteiger partial charge on any atom is 0.349 e. The Morgan fingerprint density at radius 3 is 2.73 bits per heavy atom. The highest BCUT2D eigenvalue weighted by molar-refractivity contribution is 6.10. The molecule has 3 rings (SSSR count). The first-order valence-electron chi connectivity index (χ1n) is 9.97. The van der Waals surface area contributed by atoms with Crippen LogP contribution >= 0.6 is 0 Å². The molecular weight excluding hydrogens is 378 g/mol. The summed E-state index contributed by atoms with van der Waals surface area (Å²) in [5.41, 5.74) is 4.00. The normalized spacial score (nSPS) is 12.6. The minimum atomic E-state index is -1.01. The average Bonchev–Trinajstić information content (AvgIpc) is 3.27. The first kappa shape index (κ1) is 21.1.